The largest absolute Gasteiger partial charge is 0.488 e. The second-order valence-corrected chi connectivity index (χ2v) is 7.98. The number of halogens is 1. The molecule has 1 unspecified atom stereocenters. The first-order chi connectivity index (χ1) is 18.8. The predicted molar refractivity (Wildman–Crippen MR) is 119 cm³/mol. The fourth-order valence-electron chi connectivity index (χ4n) is 4.08. The number of fused-ring (bicyclic) bond motifs is 1. The van der Waals surface area contributed by atoms with Gasteiger partial charge in [0.1, 0.15) is 24.2 Å². The number of nitrogens with one attached hydrogen (secondary N) is 1. The van der Waals surface area contributed by atoms with Gasteiger partial charge in [0.25, 0.3) is 5.91 Å². The van der Waals surface area contributed by atoms with Crippen LogP contribution in [0, 0.1) is 5.82 Å². The van der Waals surface area contributed by atoms with Gasteiger partial charge in [0.2, 0.25) is 11.8 Å². The Hall–Kier alpha value is -3.30. The van der Waals surface area contributed by atoms with E-state index in [1.807, 2.05) is 5.32 Å². The number of ether oxygens (including phenoxy) is 2. The van der Waals surface area contributed by atoms with Crippen LogP contribution in [-0.4, -0.2) is 59.9 Å². The van der Waals surface area contributed by atoms with Crippen LogP contribution < -0.4 is 10.1 Å². The van der Waals surface area contributed by atoms with E-state index in [-0.39, 0.29) is 41.2 Å². The van der Waals surface area contributed by atoms with Crippen molar-refractivity contribution in [1.29, 1.82) is 0 Å². The number of carbonyl (C=O) groups is 3. The van der Waals surface area contributed by atoms with Gasteiger partial charge < -0.3 is 14.4 Å². The van der Waals surface area contributed by atoms with Crippen LogP contribution in [0.1, 0.15) is 48.0 Å². The summed E-state index contributed by atoms with van der Waals surface area (Å²) in [6, 6.07) is 6.88. The van der Waals surface area contributed by atoms with Crippen LogP contribution in [0.2, 0.25) is 0 Å². The molecule has 0 bridgehead atoms. The molecular weight excluding hydrogens is 441 g/mol. The average molecular weight is 474 g/mol. The molecular formula is C25H26FN3O5. The Morgan fingerprint density at radius 3 is 2.74 bits per heavy atom. The third-order valence-electron chi connectivity index (χ3n) is 5.82. The summed E-state index contributed by atoms with van der Waals surface area (Å²) < 4.78 is 75.9. The number of morpholine rings is 1. The molecule has 2 fully saturated rings. The first-order valence-corrected chi connectivity index (χ1v) is 10.8. The normalized spacial score (nSPS) is 26.9. The second kappa shape index (κ2) is 9.52. The molecule has 178 valence electrons. The molecule has 3 aliphatic heterocycles. The summed E-state index contributed by atoms with van der Waals surface area (Å²) in [5.74, 6) is -3.92. The zero-order valence-electron chi connectivity index (χ0n) is 24.1. The van der Waals surface area contributed by atoms with Gasteiger partial charge in [0.15, 0.2) is 0 Å². The summed E-state index contributed by atoms with van der Waals surface area (Å²) in [4.78, 5) is 40.1. The first-order valence-electron chi connectivity index (χ1n) is 13.8. The lowest BCUT2D eigenvalue weighted by Gasteiger charge is -2.29. The number of imide groups is 1. The zero-order valence-corrected chi connectivity index (χ0v) is 18.1. The molecule has 9 heteroatoms. The van der Waals surface area contributed by atoms with Gasteiger partial charge in [-0.3, -0.25) is 24.6 Å². The summed E-state index contributed by atoms with van der Waals surface area (Å²) in [7, 11) is 0. The Morgan fingerprint density at radius 1 is 1.15 bits per heavy atom. The smallest absolute Gasteiger partial charge is 0.255 e. The number of nitrogens with zero attached hydrogens (tertiary/aromatic N) is 2. The SMILES string of the molecule is [2H]C([2H])(c1cccc(COc2cccc3c2CN(C2C(=O)NC(=O)C([2H])([2H])C2([2H])[2H])C3=O)c1F)N1CCOCC1. The van der Waals surface area contributed by atoms with Crippen molar-refractivity contribution in [1.82, 2.24) is 15.1 Å². The lowest BCUT2D eigenvalue weighted by atomic mass is 10.0. The van der Waals surface area contributed by atoms with E-state index in [0.717, 1.165) is 4.90 Å². The molecule has 2 aromatic rings. The summed E-state index contributed by atoms with van der Waals surface area (Å²) in [5.41, 5.74) is 0.304. The molecule has 0 aromatic heterocycles. The number of rotatable bonds is 6. The van der Waals surface area contributed by atoms with Crippen LogP contribution in [0.5, 0.6) is 5.75 Å². The minimum Gasteiger partial charge on any atom is -0.488 e. The zero-order chi connectivity index (χ0) is 29.0. The van der Waals surface area contributed by atoms with Crippen molar-refractivity contribution in [2.45, 2.75) is 38.4 Å². The van der Waals surface area contributed by atoms with Gasteiger partial charge in [-0.2, -0.15) is 0 Å². The summed E-state index contributed by atoms with van der Waals surface area (Å²) in [6.45, 7) is -1.43. The summed E-state index contributed by atoms with van der Waals surface area (Å²) in [6.07, 6.45) is -6.09. The van der Waals surface area contributed by atoms with Crippen molar-refractivity contribution >= 4 is 17.7 Å². The minimum absolute atomic E-state index is 0.0723. The Morgan fingerprint density at radius 2 is 1.91 bits per heavy atom. The van der Waals surface area contributed by atoms with Crippen LogP contribution in [0.25, 0.3) is 0 Å². The predicted octanol–water partition coefficient (Wildman–Crippen LogP) is 2.00. The van der Waals surface area contributed by atoms with Crippen molar-refractivity contribution in [2.75, 3.05) is 26.3 Å². The second-order valence-electron chi connectivity index (χ2n) is 7.98. The van der Waals surface area contributed by atoms with E-state index < -0.39 is 48.8 Å². The molecule has 0 saturated carbocycles. The lowest BCUT2D eigenvalue weighted by molar-refractivity contribution is -0.136. The lowest BCUT2D eigenvalue weighted by Crippen LogP contribution is -2.52. The van der Waals surface area contributed by atoms with Crippen LogP contribution in [-0.2, 0) is 34.0 Å². The molecule has 8 nitrogen and oxygen atoms in total. The van der Waals surface area contributed by atoms with E-state index in [1.54, 1.807) is 0 Å². The number of benzene rings is 2. The Balaban J connectivity index is 1.38. The molecule has 0 radical (unpaired) electrons. The van der Waals surface area contributed by atoms with Crippen molar-refractivity contribution < 1.29 is 36.5 Å². The van der Waals surface area contributed by atoms with E-state index in [2.05, 4.69) is 0 Å². The highest BCUT2D eigenvalue weighted by Gasteiger charge is 2.40. The van der Waals surface area contributed by atoms with Crippen LogP contribution in [0.4, 0.5) is 4.39 Å². The van der Waals surface area contributed by atoms with Crippen molar-refractivity contribution in [3.8, 4) is 5.75 Å². The highest BCUT2D eigenvalue weighted by molar-refractivity contribution is 6.05. The Labute approximate surface area is 205 Å². The molecule has 1 N–H and O–H groups in total. The van der Waals surface area contributed by atoms with E-state index in [1.165, 1.54) is 41.3 Å². The van der Waals surface area contributed by atoms with Crippen molar-refractivity contribution in [2.24, 2.45) is 0 Å². The highest BCUT2D eigenvalue weighted by Crippen LogP contribution is 2.34. The Bertz CT molecular complexity index is 1380. The third kappa shape index (κ3) is 4.41. The maximum absolute atomic E-state index is 15.5. The topological polar surface area (TPSA) is 88.2 Å². The minimum atomic E-state index is -3.07. The van der Waals surface area contributed by atoms with Crippen LogP contribution in [0.15, 0.2) is 36.4 Å². The van der Waals surface area contributed by atoms with Gasteiger partial charge in [0, 0.05) is 56.4 Å². The molecule has 5 rings (SSSR count). The monoisotopic (exact) mass is 473 g/mol. The van der Waals surface area contributed by atoms with Crippen LogP contribution >= 0.6 is 0 Å². The van der Waals surface area contributed by atoms with Crippen LogP contribution in [0.3, 0.4) is 0 Å². The molecule has 34 heavy (non-hydrogen) atoms. The highest BCUT2D eigenvalue weighted by atomic mass is 19.1. The first kappa shape index (κ1) is 16.3. The van der Waals surface area contributed by atoms with Crippen molar-refractivity contribution in [3.63, 3.8) is 0 Å². The molecule has 3 heterocycles. The van der Waals surface area contributed by atoms with Gasteiger partial charge >= 0.3 is 0 Å². The number of hydrogen-bond donors (Lipinski definition) is 1. The summed E-state index contributed by atoms with van der Waals surface area (Å²) in [5, 5.41) is 1.81. The average Bonchev–Trinajstić information content (AvgIpc) is 3.23. The maximum Gasteiger partial charge on any atom is 0.255 e. The molecule has 2 aromatic carbocycles. The van der Waals surface area contributed by atoms with E-state index >= 15 is 4.39 Å². The number of hydrogen-bond acceptors (Lipinski definition) is 6. The van der Waals surface area contributed by atoms with Gasteiger partial charge in [-0.15, -0.1) is 0 Å². The number of piperidine rings is 1. The molecule has 3 amide bonds. The van der Waals surface area contributed by atoms with Gasteiger partial charge in [-0.1, -0.05) is 24.3 Å². The molecule has 2 saturated heterocycles. The van der Waals surface area contributed by atoms with E-state index in [0.29, 0.717) is 26.3 Å². The quantitative estimate of drug-likeness (QED) is 0.646. The third-order valence-corrected chi connectivity index (χ3v) is 5.82. The van der Waals surface area contributed by atoms with Gasteiger partial charge in [0.05, 0.1) is 19.8 Å². The number of amides is 3. The fourth-order valence-corrected chi connectivity index (χ4v) is 4.08. The fraction of sp³-hybridized carbons (Fsp3) is 0.400. The summed E-state index contributed by atoms with van der Waals surface area (Å²) >= 11 is 0. The maximum atomic E-state index is 15.5. The van der Waals surface area contributed by atoms with Gasteiger partial charge in [-0.25, -0.2) is 4.39 Å². The van der Waals surface area contributed by atoms with Crippen molar-refractivity contribution in [3.05, 3.63) is 64.5 Å². The van der Waals surface area contributed by atoms with Gasteiger partial charge in [-0.05, 0) is 18.5 Å². The van der Waals surface area contributed by atoms with E-state index in [9.17, 15) is 14.4 Å². The van der Waals surface area contributed by atoms with E-state index in [4.69, 9.17) is 17.7 Å². The molecule has 3 aliphatic rings. The molecule has 1 atom stereocenters. The number of carbonyl (C=O) groups excluding carboxylic acids is 3. The standard InChI is InChI=1S/C25H26FN3O5/c26-23-16(13-28-9-11-33-12-10-28)3-1-4-17(23)15-34-21-6-2-5-18-19(21)14-29(25(18)32)20-7-8-22(30)27-24(20)31/h1-6,20H,7-15H2,(H,27,30,31)/i7D2,8D2,13D2. The Kier molecular flexibility index (Phi) is 4.58. The molecule has 0 aliphatic carbocycles. The molecule has 0 spiro atoms.